The van der Waals surface area contributed by atoms with E-state index in [0.717, 1.165) is 39.5 Å². The largest absolute Gasteiger partial charge is 0.376 e. The van der Waals surface area contributed by atoms with Crippen LogP contribution in [0.5, 0.6) is 0 Å². The summed E-state index contributed by atoms with van der Waals surface area (Å²) < 4.78 is 13.3. The molecule has 2 aliphatic heterocycles. The Morgan fingerprint density at radius 1 is 1.30 bits per heavy atom. The summed E-state index contributed by atoms with van der Waals surface area (Å²) in [6, 6.07) is 2.61. The summed E-state index contributed by atoms with van der Waals surface area (Å²) in [6.45, 7) is 5.37. The summed E-state index contributed by atoms with van der Waals surface area (Å²) in [5.41, 5.74) is 1.32. The quantitative estimate of drug-likeness (QED) is 0.813. The van der Waals surface area contributed by atoms with Crippen molar-refractivity contribution < 1.29 is 9.47 Å². The molecule has 0 spiro atoms. The molecule has 0 aromatic carbocycles. The molecule has 23 heavy (non-hydrogen) atoms. The molecular weight excluding hydrogens is 292 g/mol. The lowest BCUT2D eigenvalue weighted by Gasteiger charge is -2.41. The fraction of sp³-hybridized carbons (Fsp3) is 0.824. The van der Waals surface area contributed by atoms with Crippen LogP contribution < -0.4 is 0 Å². The van der Waals surface area contributed by atoms with Gasteiger partial charge < -0.3 is 14.4 Å². The van der Waals surface area contributed by atoms with Crippen LogP contribution in [0.15, 0.2) is 12.3 Å². The van der Waals surface area contributed by atoms with Gasteiger partial charge in [0.05, 0.1) is 37.7 Å². The van der Waals surface area contributed by atoms with E-state index >= 15 is 0 Å². The Hall–Kier alpha value is -0.950. The molecule has 3 rings (SSSR count). The number of likely N-dealkylation sites (N-methyl/N-ethyl adjacent to an activating group) is 1. The molecule has 3 atom stereocenters. The number of piperidine rings is 1. The Labute approximate surface area is 139 Å². The van der Waals surface area contributed by atoms with Crippen LogP contribution in [-0.2, 0) is 16.5 Å². The van der Waals surface area contributed by atoms with Crippen molar-refractivity contribution in [3.63, 3.8) is 0 Å². The zero-order valence-electron chi connectivity index (χ0n) is 14.6. The predicted molar refractivity (Wildman–Crippen MR) is 89.4 cm³/mol. The van der Waals surface area contributed by atoms with Crippen molar-refractivity contribution in [3.8, 4) is 0 Å². The third kappa shape index (κ3) is 4.12. The van der Waals surface area contributed by atoms with Gasteiger partial charge in [-0.25, -0.2) is 0 Å². The highest BCUT2D eigenvalue weighted by Gasteiger charge is 2.33. The van der Waals surface area contributed by atoms with Crippen LogP contribution in [0.3, 0.4) is 0 Å². The molecular formula is C17H30N4O2. The van der Waals surface area contributed by atoms with Crippen LogP contribution in [0, 0.1) is 5.92 Å². The molecule has 0 saturated carbocycles. The van der Waals surface area contributed by atoms with Gasteiger partial charge in [-0.1, -0.05) is 0 Å². The number of nitrogens with zero attached hydrogens (tertiary/aromatic N) is 4. The van der Waals surface area contributed by atoms with Crippen molar-refractivity contribution in [2.24, 2.45) is 13.0 Å². The molecule has 0 radical (unpaired) electrons. The minimum Gasteiger partial charge on any atom is -0.376 e. The van der Waals surface area contributed by atoms with Crippen LogP contribution in [0.25, 0.3) is 0 Å². The van der Waals surface area contributed by atoms with Gasteiger partial charge in [0.1, 0.15) is 0 Å². The lowest BCUT2D eigenvalue weighted by atomic mass is 9.87. The first-order valence-corrected chi connectivity index (χ1v) is 8.71. The van der Waals surface area contributed by atoms with Crippen molar-refractivity contribution >= 4 is 0 Å². The minimum absolute atomic E-state index is 0.213. The molecule has 6 nitrogen and oxygen atoms in total. The zero-order valence-corrected chi connectivity index (χ0v) is 14.6. The number of ether oxygens (including phenoxy) is 2. The molecule has 1 unspecified atom stereocenters. The first-order chi connectivity index (χ1) is 11.1. The molecule has 0 aliphatic carbocycles. The van der Waals surface area contributed by atoms with Crippen molar-refractivity contribution in [2.45, 2.75) is 25.0 Å². The summed E-state index contributed by atoms with van der Waals surface area (Å²) >= 11 is 0. The van der Waals surface area contributed by atoms with E-state index in [0.29, 0.717) is 12.0 Å². The van der Waals surface area contributed by atoms with Gasteiger partial charge in [-0.05, 0) is 45.5 Å². The first-order valence-electron chi connectivity index (χ1n) is 8.71. The maximum atomic E-state index is 5.79. The number of rotatable bonds is 5. The number of hydrogen-bond donors (Lipinski definition) is 0. The highest BCUT2D eigenvalue weighted by atomic mass is 16.6. The molecule has 3 heterocycles. The van der Waals surface area contributed by atoms with Crippen molar-refractivity contribution in [2.75, 3.05) is 53.6 Å². The monoisotopic (exact) mass is 322 g/mol. The molecule has 2 saturated heterocycles. The van der Waals surface area contributed by atoms with Gasteiger partial charge in [0.15, 0.2) is 0 Å². The average Bonchev–Trinajstić information content (AvgIpc) is 2.94. The SMILES string of the molecule is CN(CC1COCCO1)C[C@@H]1CCCN(C)[C@H]1c1ccnn1C. The maximum Gasteiger partial charge on any atom is 0.0936 e. The molecule has 2 aliphatic rings. The molecule has 130 valence electrons. The fourth-order valence-electron chi connectivity index (χ4n) is 4.06. The zero-order chi connectivity index (χ0) is 16.2. The van der Waals surface area contributed by atoms with Crippen molar-refractivity contribution in [3.05, 3.63) is 18.0 Å². The van der Waals surface area contributed by atoms with Gasteiger partial charge >= 0.3 is 0 Å². The predicted octanol–water partition coefficient (Wildman–Crippen LogP) is 1.15. The van der Waals surface area contributed by atoms with Gasteiger partial charge in [0.25, 0.3) is 0 Å². The van der Waals surface area contributed by atoms with Crippen LogP contribution in [0.4, 0.5) is 0 Å². The van der Waals surface area contributed by atoms with E-state index < -0.39 is 0 Å². The Balaban J connectivity index is 1.63. The summed E-state index contributed by atoms with van der Waals surface area (Å²) in [6.07, 6.45) is 4.66. The van der Waals surface area contributed by atoms with Crippen LogP contribution in [0.1, 0.15) is 24.6 Å². The standard InChI is InChI=1S/C17H30N4O2/c1-19(12-15-13-22-9-10-23-15)11-14-5-4-8-20(2)17(14)16-6-7-18-21(16)3/h6-7,14-15,17H,4-5,8-13H2,1-3H3/t14-,15?,17+/m0/s1. The molecule has 2 fully saturated rings. The molecule has 6 heteroatoms. The number of likely N-dealkylation sites (tertiary alicyclic amines) is 1. The van der Waals surface area contributed by atoms with E-state index in [1.807, 2.05) is 17.9 Å². The van der Waals surface area contributed by atoms with E-state index in [1.165, 1.54) is 18.5 Å². The van der Waals surface area contributed by atoms with E-state index in [9.17, 15) is 0 Å². The number of hydrogen-bond acceptors (Lipinski definition) is 5. The summed E-state index contributed by atoms with van der Waals surface area (Å²) in [5.74, 6) is 0.624. The summed E-state index contributed by atoms with van der Waals surface area (Å²) in [5, 5.41) is 4.37. The summed E-state index contributed by atoms with van der Waals surface area (Å²) in [4.78, 5) is 4.89. The second-order valence-corrected chi connectivity index (χ2v) is 7.00. The third-order valence-corrected chi connectivity index (χ3v) is 5.12. The molecule has 1 aromatic rings. The number of aryl methyl sites for hydroxylation is 1. The van der Waals surface area contributed by atoms with E-state index in [4.69, 9.17) is 9.47 Å². The van der Waals surface area contributed by atoms with E-state index in [2.05, 4.69) is 35.1 Å². The normalized spacial score (nSPS) is 30.0. The smallest absolute Gasteiger partial charge is 0.0936 e. The fourth-order valence-corrected chi connectivity index (χ4v) is 4.06. The lowest BCUT2D eigenvalue weighted by Crippen LogP contribution is -2.44. The van der Waals surface area contributed by atoms with Gasteiger partial charge in [0, 0.05) is 26.3 Å². The minimum atomic E-state index is 0.213. The van der Waals surface area contributed by atoms with Crippen LogP contribution in [-0.4, -0.2) is 79.2 Å². The van der Waals surface area contributed by atoms with Crippen LogP contribution >= 0.6 is 0 Å². The Morgan fingerprint density at radius 2 is 2.17 bits per heavy atom. The van der Waals surface area contributed by atoms with E-state index in [1.54, 1.807) is 0 Å². The molecule has 1 aromatic heterocycles. The second-order valence-electron chi connectivity index (χ2n) is 7.00. The topological polar surface area (TPSA) is 42.8 Å². The Kier molecular flexibility index (Phi) is 5.69. The van der Waals surface area contributed by atoms with Crippen molar-refractivity contribution in [1.82, 2.24) is 19.6 Å². The van der Waals surface area contributed by atoms with Crippen molar-refractivity contribution in [1.29, 1.82) is 0 Å². The molecule has 0 amide bonds. The summed E-state index contributed by atoms with van der Waals surface area (Å²) in [7, 11) is 6.49. The highest BCUT2D eigenvalue weighted by molar-refractivity contribution is 5.10. The van der Waals surface area contributed by atoms with Gasteiger partial charge in [0.2, 0.25) is 0 Å². The third-order valence-electron chi connectivity index (χ3n) is 5.12. The molecule has 0 N–H and O–H groups in total. The van der Waals surface area contributed by atoms with Crippen LogP contribution in [0.2, 0.25) is 0 Å². The molecule has 0 bridgehead atoms. The van der Waals surface area contributed by atoms with Gasteiger partial charge in [-0.15, -0.1) is 0 Å². The second kappa shape index (κ2) is 7.75. The lowest BCUT2D eigenvalue weighted by molar-refractivity contribution is -0.0973. The first kappa shape index (κ1) is 16.9. The number of aromatic nitrogens is 2. The Bertz CT molecular complexity index is 487. The average molecular weight is 322 g/mol. The highest BCUT2D eigenvalue weighted by Crippen LogP contribution is 2.35. The van der Waals surface area contributed by atoms with Gasteiger partial charge in [-0.3, -0.25) is 9.58 Å². The maximum absolute atomic E-state index is 5.79. The van der Waals surface area contributed by atoms with Gasteiger partial charge in [-0.2, -0.15) is 5.10 Å². The Morgan fingerprint density at radius 3 is 2.87 bits per heavy atom. The van der Waals surface area contributed by atoms with E-state index in [-0.39, 0.29) is 6.10 Å².